The fourth-order valence-corrected chi connectivity index (χ4v) is 3.27. The lowest BCUT2D eigenvalue weighted by atomic mass is 9.93. The summed E-state index contributed by atoms with van der Waals surface area (Å²) in [5.41, 5.74) is 2.60. The van der Waals surface area contributed by atoms with Gasteiger partial charge in [0.05, 0.1) is 6.20 Å². The molecule has 1 atom stereocenters. The van der Waals surface area contributed by atoms with Gasteiger partial charge in [0.25, 0.3) is 0 Å². The number of nitrogens with one attached hydrogen (secondary N) is 1. The van der Waals surface area contributed by atoms with Gasteiger partial charge in [0.15, 0.2) is 0 Å². The largest absolute Gasteiger partial charge is 0.299 e. The van der Waals surface area contributed by atoms with E-state index in [-0.39, 0.29) is 0 Å². The number of hydrogen-bond donors (Lipinski definition) is 1. The molecule has 5 heteroatoms. The van der Waals surface area contributed by atoms with E-state index in [1.807, 2.05) is 12.4 Å². The van der Waals surface area contributed by atoms with Gasteiger partial charge >= 0.3 is 0 Å². The molecule has 0 bridgehead atoms. The molecule has 3 rings (SSSR count). The molecule has 3 heterocycles. The maximum Gasteiger partial charge on any atom is 0.0534 e. The minimum atomic E-state index is 0.741. The summed E-state index contributed by atoms with van der Waals surface area (Å²) in [4.78, 5) is 2.57. The minimum Gasteiger partial charge on any atom is -0.299 e. The van der Waals surface area contributed by atoms with E-state index in [1.165, 1.54) is 37.2 Å². The van der Waals surface area contributed by atoms with Gasteiger partial charge in [-0.05, 0) is 44.2 Å². The normalized spacial score (nSPS) is 20.0. The molecule has 2 aromatic heterocycles. The zero-order valence-electron chi connectivity index (χ0n) is 12.8. The molecule has 0 spiro atoms. The van der Waals surface area contributed by atoms with E-state index in [2.05, 4.69) is 44.1 Å². The molecule has 21 heavy (non-hydrogen) atoms. The Labute approximate surface area is 126 Å². The maximum absolute atomic E-state index is 4.43. The van der Waals surface area contributed by atoms with Crippen molar-refractivity contribution in [1.29, 1.82) is 0 Å². The van der Waals surface area contributed by atoms with Crippen LogP contribution in [0.5, 0.6) is 0 Å². The third-order valence-electron chi connectivity index (χ3n) is 4.22. The molecular formula is C16H25N5. The van der Waals surface area contributed by atoms with Crippen LogP contribution < -0.4 is 0 Å². The highest BCUT2D eigenvalue weighted by Crippen LogP contribution is 2.21. The van der Waals surface area contributed by atoms with Crippen molar-refractivity contribution in [2.75, 3.05) is 13.1 Å². The number of likely N-dealkylation sites (tertiary alicyclic amines) is 1. The molecule has 1 unspecified atom stereocenters. The van der Waals surface area contributed by atoms with Crippen molar-refractivity contribution in [3.05, 3.63) is 35.9 Å². The third kappa shape index (κ3) is 3.94. The summed E-state index contributed by atoms with van der Waals surface area (Å²) < 4.78 is 2.06. The zero-order chi connectivity index (χ0) is 14.5. The van der Waals surface area contributed by atoms with Crippen LogP contribution in [0.2, 0.25) is 0 Å². The second kappa shape index (κ2) is 6.89. The summed E-state index contributed by atoms with van der Waals surface area (Å²) in [5, 5.41) is 11.6. The van der Waals surface area contributed by atoms with Crippen molar-refractivity contribution in [3.8, 4) is 0 Å². The number of aryl methyl sites for hydroxylation is 1. The highest BCUT2D eigenvalue weighted by molar-refractivity contribution is 5.04. The molecule has 0 amide bonds. The molecule has 114 valence electrons. The summed E-state index contributed by atoms with van der Waals surface area (Å²) in [6.07, 6.45) is 10.9. The first-order valence-corrected chi connectivity index (χ1v) is 8.05. The number of aromatic amines is 1. The third-order valence-corrected chi connectivity index (χ3v) is 4.22. The first-order chi connectivity index (χ1) is 10.3. The first kappa shape index (κ1) is 14.3. The van der Waals surface area contributed by atoms with Crippen LogP contribution in [-0.4, -0.2) is 38.0 Å². The monoisotopic (exact) mass is 287 g/mol. The van der Waals surface area contributed by atoms with Gasteiger partial charge in [-0.3, -0.25) is 14.7 Å². The second-order valence-corrected chi connectivity index (χ2v) is 6.14. The van der Waals surface area contributed by atoms with Crippen molar-refractivity contribution in [2.45, 2.75) is 45.7 Å². The van der Waals surface area contributed by atoms with Crippen LogP contribution in [-0.2, 0) is 19.5 Å². The molecule has 1 fully saturated rings. The fraction of sp³-hybridized carbons (Fsp3) is 0.625. The number of nitrogens with zero attached hydrogens (tertiary/aromatic N) is 4. The van der Waals surface area contributed by atoms with Crippen LogP contribution in [0.15, 0.2) is 24.7 Å². The molecule has 2 aromatic rings. The average molecular weight is 287 g/mol. The standard InChI is InChI=1S/C16H25N5/c1-2-7-21-13-15(10-18-21)12-20-8-3-4-14(11-20)9-16-5-6-17-19-16/h5-6,10,13-14H,2-4,7-9,11-12H2,1H3,(H,17,19). The van der Waals surface area contributed by atoms with Gasteiger partial charge in [-0.15, -0.1) is 0 Å². The van der Waals surface area contributed by atoms with E-state index in [1.54, 1.807) is 0 Å². The van der Waals surface area contributed by atoms with Gasteiger partial charge in [-0.25, -0.2) is 0 Å². The van der Waals surface area contributed by atoms with Crippen LogP contribution in [0.1, 0.15) is 37.4 Å². The molecule has 5 nitrogen and oxygen atoms in total. The van der Waals surface area contributed by atoms with Crippen molar-refractivity contribution in [2.24, 2.45) is 5.92 Å². The van der Waals surface area contributed by atoms with Gasteiger partial charge < -0.3 is 0 Å². The molecule has 0 radical (unpaired) electrons. The molecule has 1 N–H and O–H groups in total. The van der Waals surface area contributed by atoms with Crippen molar-refractivity contribution < 1.29 is 0 Å². The van der Waals surface area contributed by atoms with E-state index in [4.69, 9.17) is 0 Å². The molecule has 0 saturated carbocycles. The highest BCUT2D eigenvalue weighted by atomic mass is 15.3. The SMILES string of the molecule is CCCn1cc(CN2CCCC(Cc3ccn[nH]3)C2)cn1. The summed E-state index contributed by atoms with van der Waals surface area (Å²) >= 11 is 0. The predicted molar refractivity (Wildman–Crippen MR) is 82.8 cm³/mol. The Kier molecular flexibility index (Phi) is 4.70. The number of hydrogen-bond acceptors (Lipinski definition) is 3. The molecular weight excluding hydrogens is 262 g/mol. The number of piperidine rings is 1. The lowest BCUT2D eigenvalue weighted by molar-refractivity contribution is 0.166. The average Bonchev–Trinajstić information content (AvgIpc) is 3.12. The number of aromatic nitrogens is 4. The molecule has 0 aromatic carbocycles. The Balaban J connectivity index is 1.53. The van der Waals surface area contributed by atoms with Gasteiger partial charge in [-0.1, -0.05) is 6.92 Å². The Morgan fingerprint density at radius 2 is 2.38 bits per heavy atom. The summed E-state index contributed by atoms with van der Waals surface area (Å²) in [7, 11) is 0. The van der Waals surface area contributed by atoms with Crippen molar-refractivity contribution in [1.82, 2.24) is 24.9 Å². The first-order valence-electron chi connectivity index (χ1n) is 8.05. The zero-order valence-corrected chi connectivity index (χ0v) is 12.8. The summed E-state index contributed by atoms with van der Waals surface area (Å²) in [6, 6.07) is 2.09. The van der Waals surface area contributed by atoms with Crippen LogP contribution in [0.3, 0.4) is 0 Å². The Morgan fingerprint density at radius 1 is 1.43 bits per heavy atom. The lowest BCUT2D eigenvalue weighted by Gasteiger charge is -2.32. The highest BCUT2D eigenvalue weighted by Gasteiger charge is 2.21. The minimum absolute atomic E-state index is 0.741. The summed E-state index contributed by atoms with van der Waals surface area (Å²) in [5.74, 6) is 0.741. The van der Waals surface area contributed by atoms with Gasteiger partial charge in [0.1, 0.15) is 0 Å². The van der Waals surface area contributed by atoms with Crippen LogP contribution in [0, 0.1) is 5.92 Å². The van der Waals surface area contributed by atoms with Crippen LogP contribution in [0.4, 0.5) is 0 Å². The molecule has 1 aliphatic heterocycles. The van der Waals surface area contributed by atoms with Crippen molar-refractivity contribution >= 4 is 0 Å². The Hall–Kier alpha value is -1.62. The maximum atomic E-state index is 4.43. The van der Waals surface area contributed by atoms with Crippen molar-refractivity contribution in [3.63, 3.8) is 0 Å². The molecule has 0 aliphatic carbocycles. The summed E-state index contributed by atoms with van der Waals surface area (Å²) in [6.45, 7) is 6.62. The number of rotatable bonds is 6. The van der Waals surface area contributed by atoms with Gasteiger partial charge in [0, 0.05) is 43.3 Å². The Bertz CT molecular complexity index is 531. The molecule has 1 saturated heterocycles. The quantitative estimate of drug-likeness (QED) is 0.888. The van der Waals surface area contributed by atoms with Crippen LogP contribution >= 0.6 is 0 Å². The lowest BCUT2D eigenvalue weighted by Crippen LogP contribution is -2.35. The number of H-pyrrole nitrogens is 1. The van der Waals surface area contributed by atoms with E-state index >= 15 is 0 Å². The Morgan fingerprint density at radius 3 is 3.19 bits per heavy atom. The van der Waals surface area contributed by atoms with Crippen LogP contribution in [0.25, 0.3) is 0 Å². The smallest absolute Gasteiger partial charge is 0.0534 e. The van der Waals surface area contributed by atoms with E-state index in [0.29, 0.717) is 0 Å². The van der Waals surface area contributed by atoms with Gasteiger partial charge in [-0.2, -0.15) is 10.2 Å². The van der Waals surface area contributed by atoms with E-state index in [0.717, 1.165) is 31.8 Å². The van der Waals surface area contributed by atoms with E-state index in [9.17, 15) is 0 Å². The molecule has 1 aliphatic rings. The predicted octanol–water partition coefficient (Wildman–Crippen LogP) is 2.47. The fourth-order valence-electron chi connectivity index (χ4n) is 3.27. The topological polar surface area (TPSA) is 49.7 Å². The van der Waals surface area contributed by atoms with Gasteiger partial charge in [0.2, 0.25) is 0 Å². The second-order valence-electron chi connectivity index (χ2n) is 6.14. The van der Waals surface area contributed by atoms with E-state index < -0.39 is 0 Å².